The molecule has 0 aliphatic heterocycles. The van der Waals surface area contributed by atoms with Crippen molar-refractivity contribution in [2.45, 2.75) is 19.8 Å². The molecule has 0 radical (unpaired) electrons. The van der Waals surface area contributed by atoms with Crippen molar-refractivity contribution in [3.63, 3.8) is 0 Å². The van der Waals surface area contributed by atoms with Gasteiger partial charge in [0.05, 0.1) is 5.75 Å². The van der Waals surface area contributed by atoms with Crippen molar-refractivity contribution in [2.24, 2.45) is 0 Å². The third kappa shape index (κ3) is 6.20. The first-order valence-electron chi connectivity index (χ1n) is 6.20. The molecular formula is C14H19NO3S. The monoisotopic (exact) mass is 281 g/mol. The third-order valence-electron chi connectivity index (χ3n) is 2.72. The average molecular weight is 281 g/mol. The van der Waals surface area contributed by atoms with E-state index in [1.54, 1.807) is 25.1 Å². The first kappa shape index (κ1) is 15.4. The zero-order chi connectivity index (χ0) is 14.3. The molecule has 19 heavy (non-hydrogen) atoms. The van der Waals surface area contributed by atoms with E-state index in [1.807, 2.05) is 12.1 Å². The van der Waals surface area contributed by atoms with Crippen molar-refractivity contribution in [1.82, 2.24) is 0 Å². The number of carbonyl (C=O) groups excluding carboxylic acids is 1. The van der Waals surface area contributed by atoms with Gasteiger partial charge in [0.15, 0.2) is 5.78 Å². The van der Waals surface area contributed by atoms with Gasteiger partial charge in [-0.25, -0.2) is 8.42 Å². The molecule has 0 spiro atoms. The topological polar surface area (TPSA) is 77.2 Å². The number of benzene rings is 1. The van der Waals surface area contributed by atoms with Crippen LogP contribution in [0.4, 0.5) is 5.69 Å². The Morgan fingerprint density at radius 3 is 2.47 bits per heavy atom. The van der Waals surface area contributed by atoms with Gasteiger partial charge in [0.25, 0.3) is 0 Å². The van der Waals surface area contributed by atoms with E-state index in [0.717, 1.165) is 5.56 Å². The van der Waals surface area contributed by atoms with Gasteiger partial charge >= 0.3 is 0 Å². The highest BCUT2D eigenvalue weighted by Gasteiger charge is 2.07. The largest absolute Gasteiger partial charge is 0.399 e. The van der Waals surface area contributed by atoms with Crippen LogP contribution in [0.15, 0.2) is 30.3 Å². The van der Waals surface area contributed by atoms with E-state index in [1.165, 1.54) is 6.08 Å². The van der Waals surface area contributed by atoms with E-state index < -0.39 is 9.84 Å². The zero-order valence-corrected chi connectivity index (χ0v) is 11.8. The second-order valence-electron chi connectivity index (χ2n) is 4.31. The summed E-state index contributed by atoms with van der Waals surface area (Å²) in [4.78, 5) is 11.6. The molecule has 0 amide bonds. The fraction of sp³-hybridized carbons (Fsp3) is 0.357. The summed E-state index contributed by atoms with van der Waals surface area (Å²) >= 11 is 0. The minimum atomic E-state index is -2.98. The van der Waals surface area contributed by atoms with Gasteiger partial charge in [-0.05, 0) is 30.2 Å². The van der Waals surface area contributed by atoms with Gasteiger partial charge in [0.1, 0.15) is 9.84 Å². The van der Waals surface area contributed by atoms with E-state index in [2.05, 4.69) is 0 Å². The molecule has 1 aromatic carbocycles. The van der Waals surface area contributed by atoms with Crippen LogP contribution in [0.2, 0.25) is 0 Å². The van der Waals surface area contributed by atoms with Crippen LogP contribution in [-0.4, -0.2) is 25.7 Å². The maximum atomic E-state index is 11.6. The zero-order valence-electron chi connectivity index (χ0n) is 11.0. The molecule has 1 rings (SSSR count). The Kier molecular flexibility index (Phi) is 5.76. The maximum absolute atomic E-state index is 11.6. The minimum absolute atomic E-state index is 0.0665. The minimum Gasteiger partial charge on any atom is -0.399 e. The van der Waals surface area contributed by atoms with Crippen molar-refractivity contribution in [3.8, 4) is 0 Å². The van der Waals surface area contributed by atoms with Crippen LogP contribution in [-0.2, 0) is 14.6 Å². The first-order chi connectivity index (χ1) is 8.93. The molecule has 5 heteroatoms. The number of nitrogens with two attached hydrogens (primary N) is 1. The third-order valence-corrected chi connectivity index (χ3v) is 4.51. The Bertz CT molecular complexity index is 545. The molecule has 0 saturated carbocycles. The summed E-state index contributed by atoms with van der Waals surface area (Å²) < 4.78 is 22.5. The summed E-state index contributed by atoms with van der Waals surface area (Å²) in [7, 11) is -2.98. The smallest absolute Gasteiger partial charge is 0.155 e. The Morgan fingerprint density at radius 1 is 1.26 bits per heavy atom. The standard InChI is InChI=1S/C14H19NO3S/c1-2-19(17,18)11-3-4-14(16)10-7-12-5-8-13(15)9-6-12/h5-10H,2-4,11,15H2,1H3/b10-7+. The molecule has 0 fully saturated rings. The van der Waals surface area contributed by atoms with Crippen LogP contribution in [0.1, 0.15) is 25.3 Å². The summed E-state index contributed by atoms with van der Waals surface area (Å²) in [5.74, 6) is 0.135. The van der Waals surface area contributed by atoms with Gasteiger partial charge in [-0.2, -0.15) is 0 Å². The number of sulfone groups is 1. The highest BCUT2D eigenvalue weighted by Crippen LogP contribution is 2.07. The number of rotatable bonds is 7. The molecule has 0 atom stereocenters. The normalized spacial score (nSPS) is 11.8. The number of carbonyl (C=O) groups is 1. The van der Waals surface area contributed by atoms with Gasteiger partial charge in [-0.1, -0.05) is 25.1 Å². The SMILES string of the molecule is CCS(=O)(=O)CCCC(=O)/C=C/c1ccc(N)cc1. The van der Waals surface area contributed by atoms with E-state index in [-0.39, 0.29) is 23.7 Å². The van der Waals surface area contributed by atoms with Gasteiger partial charge in [-0.15, -0.1) is 0 Å². The molecule has 0 bridgehead atoms. The summed E-state index contributed by atoms with van der Waals surface area (Å²) in [6.45, 7) is 1.61. The summed E-state index contributed by atoms with van der Waals surface area (Å²) in [5.41, 5.74) is 7.12. The Labute approximate surface area is 114 Å². The molecule has 4 nitrogen and oxygen atoms in total. The number of hydrogen-bond acceptors (Lipinski definition) is 4. The highest BCUT2D eigenvalue weighted by molar-refractivity contribution is 7.91. The molecule has 0 heterocycles. The fourth-order valence-corrected chi connectivity index (χ4v) is 2.36. The van der Waals surface area contributed by atoms with Crippen molar-refractivity contribution in [3.05, 3.63) is 35.9 Å². The number of anilines is 1. The van der Waals surface area contributed by atoms with E-state index in [9.17, 15) is 13.2 Å². The Balaban J connectivity index is 2.41. The molecule has 0 aliphatic carbocycles. The maximum Gasteiger partial charge on any atom is 0.155 e. The Hall–Kier alpha value is -1.62. The lowest BCUT2D eigenvalue weighted by molar-refractivity contribution is -0.114. The number of hydrogen-bond donors (Lipinski definition) is 1. The predicted octanol–water partition coefficient (Wildman–Crippen LogP) is 2.07. The second kappa shape index (κ2) is 7.09. The summed E-state index contributed by atoms with van der Waals surface area (Å²) in [6, 6.07) is 7.16. The van der Waals surface area contributed by atoms with Crippen LogP contribution in [0.3, 0.4) is 0 Å². The number of ketones is 1. The molecule has 0 unspecified atom stereocenters. The highest BCUT2D eigenvalue weighted by atomic mass is 32.2. The molecule has 0 aromatic heterocycles. The van der Waals surface area contributed by atoms with Gasteiger partial charge in [-0.3, -0.25) is 4.79 Å². The van der Waals surface area contributed by atoms with Crippen LogP contribution in [0.5, 0.6) is 0 Å². The van der Waals surface area contributed by atoms with Crippen molar-refractivity contribution in [1.29, 1.82) is 0 Å². The first-order valence-corrected chi connectivity index (χ1v) is 8.02. The lowest BCUT2D eigenvalue weighted by atomic mass is 10.1. The van der Waals surface area contributed by atoms with Gasteiger partial charge in [0.2, 0.25) is 0 Å². The molecule has 0 aliphatic rings. The van der Waals surface area contributed by atoms with Gasteiger partial charge < -0.3 is 5.73 Å². The molecule has 104 valence electrons. The van der Waals surface area contributed by atoms with E-state index >= 15 is 0 Å². The van der Waals surface area contributed by atoms with Crippen molar-refractivity contribution < 1.29 is 13.2 Å². The average Bonchev–Trinajstić information content (AvgIpc) is 2.38. The van der Waals surface area contributed by atoms with Gasteiger partial charge in [0, 0.05) is 17.9 Å². The molecular weight excluding hydrogens is 262 g/mol. The fourth-order valence-electron chi connectivity index (χ4n) is 1.49. The number of allylic oxidation sites excluding steroid dienone is 1. The van der Waals surface area contributed by atoms with Crippen LogP contribution in [0, 0.1) is 0 Å². The number of nitrogen functional groups attached to an aromatic ring is 1. The Morgan fingerprint density at radius 2 is 1.89 bits per heavy atom. The van der Waals surface area contributed by atoms with E-state index in [0.29, 0.717) is 12.1 Å². The second-order valence-corrected chi connectivity index (χ2v) is 6.78. The molecule has 0 saturated heterocycles. The lowest BCUT2D eigenvalue weighted by Crippen LogP contribution is -2.09. The lowest BCUT2D eigenvalue weighted by Gasteiger charge is -1.99. The quantitative estimate of drug-likeness (QED) is 0.613. The summed E-state index contributed by atoms with van der Waals surface area (Å²) in [5, 5.41) is 0. The van der Waals surface area contributed by atoms with Crippen LogP contribution >= 0.6 is 0 Å². The van der Waals surface area contributed by atoms with Crippen LogP contribution in [0.25, 0.3) is 6.08 Å². The molecule has 1 aromatic rings. The van der Waals surface area contributed by atoms with Crippen molar-refractivity contribution in [2.75, 3.05) is 17.2 Å². The van der Waals surface area contributed by atoms with E-state index in [4.69, 9.17) is 5.73 Å². The summed E-state index contributed by atoms with van der Waals surface area (Å²) in [6.07, 6.45) is 3.81. The van der Waals surface area contributed by atoms with Crippen molar-refractivity contribution >= 4 is 27.4 Å². The predicted molar refractivity (Wildman–Crippen MR) is 78.5 cm³/mol. The molecule has 2 N–H and O–H groups in total. The van der Waals surface area contributed by atoms with Crippen LogP contribution < -0.4 is 5.73 Å².